The fraction of sp³-hybridized carbons (Fsp3) is 0.0769. The van der Waals surface area contributed by atoms with E-state index in [0.29, 0.717) is 4.67 Å². The first-order valence-corrected chi connectivity index (χ1v) is 6.42. The van der Waals surface area contributed by atoms with Crippen molar-refractivity contribution < 1.29 is 22.4 Å². The van der Waals surface area contributed by atoms with Crippen molar-refractivity contribution in [1.82, 2.24) is 5.43 Å². The molecular weight excluding hydrogens is 353 g/mol. The number of carbonyl (C=O) groups excluding carboxylic acids is 1. The molecule has 2 rings (SSSR count). The zero-order valence-corrected chi connectivity index (χ0v) is 11.9. The molecule has 0 saturated heterocycles. The second kappa shape index (κ2) is 6.13. The quantitative estimate of drug-likeness (QED) is 0.668. The normalized spacial score (nSPS) is 11.8. The van der Waals surface area contributed by atoms with Gasteiger partial charge >= 0.3 is 12.1 Å². The third-order valence-electron chi connectivity index (χ3n) is 2.43. The molecule has 21 heavy (non-hydrogen) atoms. The first-order chi connectivity index (χ1) is 9.88. The lowest BCUT2D eigenvalue weighted by Crippen LogP contribution is -2.17. The highest BCUT2D eigenvalue weighted by Crippen LogP contribution is 2.31. The maximum Gasteiger partial charge on any atom is 0.417 e. The summed E-state index contributed by atoms with van der Waals surface area (Å²) in [5, 5.41) is 3.50. The van der Waals surface area contributed by atoms with Gasteiger partial charge in [-0.05, 0) is 34.1 Å². The van der Waals surface area contributed by atoms with Crippen LogP contribution in [0.25, 0.3) is 0 Å². The van der Waals surface area contributed by atoms with Gasteiger partial charge in [-0.3, -0.25) is 4.79 Å². The maximum absolute atomic E-state index is 12.7. The van der Waals surface area contributed by atoms with Gasteiger partial charge in [-0.15, -0.1) is 0 Å². The molecule has 1 N–H and O–H groups in total. The van der Waals surface area contributed by atoms with Crippen LogP contribution in [-0.2, 0) is 6.18 Å². The van der Waals surface area contributed by atoms with Crippen molar-refractivity contribution in [2.45, 2.75) is 6.18 Å². The second-order valence-corrected chi connectivity index (χ2v) is 4.67. The molecule has 2 aromatic rings. The summed E-state index contributed by atoms with van der Waals surface area (Å²) in [6, 6.07) is 7.83. The number of hydrazone groups is 1. The molecule has 0 radical (unpaired) electrons. The molecule has 0 spiro atoms. The molecule has 0 saturated carbocycles. The van der Waals surface area contributed by atoms with E-state index in [2.05, 4.69) is 26.5 Å². The van der Waals surface area contributed by atoms with E-state index >= 15 is 0 Å². The molecule has 4 nitrogen and oxygen atoms in total. The number of benzene rings is 1. The van der Waals surface area contributed by atoms with Crippen LogP contribution in [0.5, 0.6) is 0 Å². The number of hydrogen-bond donors (Lipinski definition) is 1. The minimum absolute atomic E-state index is 0.0110. The van der Waals surface area contributed by atoms with Crippen LogP contribution in [0.2, 0.25) is 0 Å². The van der Waals surface area contributed by atoms with Crippen molar-refractivity contribution in [1.29, 1.82) is 0 Å². The number of hydrogen-bond acceptors (Lipinski definition) is 3. The van der Waals surface area contributed by atoms with E-state index in [0.717, 1.165) is 12.3 Å². The Balaban J connectivity index is 2.10. The second-order valence-electron chi connectivity index (χ2n) is 3.89. The Kier molecular flexibility index (Phi) is 4.46. The molecule has 8 heteroatoms. The van der Waals surface area contributed by atoms with E-state index in [-0.39, 0.29) is 11.3 Å². The Morgan fingerprint density at radius 3 is 2.57 bits per heavy atom. The predicted octanol–water partition coefficient (Wildman–Crippen LogP) is 3.82. The molecule has 0 aliphatic carbocycles. The summed E-state index contributed by atoms with van der Waals surface area (Å²) in [4.78, 5) is 11.6. The van der Waals surface area contributed by atoms with Crippen molar-refractivity contribution >= 4 is 28.1 Å². The number of furan rings is 1. The number of alkyl halides is 3. The largest absolute Gasteiger partial charge is 0.444 e. The Morgan fingerprint density at radius 2 is 1.95 bits per heavy atom. The van der Waals surface area contributed by atoms with Gasteiger partial charge in [0.2, 0.25) is 0 Å². The van der Waals surface area contributed by atoms with Crippen molar-refractivity contribution in [3.63, 3.8) is 0 Å². The van der Waals surface area contributed by atoms with Crippen LogP contribution in [0.4, 0.5) is 13.2 Å². The highest BCUT2D eigenvalue weighted by Gasteiger charge is 2.32. The van der Waals surface area contributed by atoms with Crippen molar-refractivity contribution in [3.05, 3.63) is 58.0 Å². The van der Waals surface area contributed by atoms with Crippen LogP contribution in [0.3, 0.4) is 0 Å². The average Bonchev–Trinajstić information content (AvgIpc) is 2.85. The number of amides is 1. The van der Waals surface area contributed by atoms with Crippen molar-refractivity contribution in [3.8, 4) is 0 Å². The van der Waals surface area contributed by atoms with Gasteiger partial charge < -0.3 is 4.42 Å². The summed E-state index contributed by atoms with van der Waals surface area (Å²) in [5.74, 6) is -0.676. The van der Waals surface area contributed by atoms with Gasteiger partial charge in [0, 0.05) is 5.56 Å². The fourth-order valence-corrected chi connectivity index (χ4v) is 1.83. The molecule has 1 amide bonds. The summed E-state index contributed by atoms with van der Waals surface area (Å²) in [6.07, 6.45) is -3.56. The number of halogens is 4. The molecule has 1 aromatic carbocycles. The zero-order chi connectivity index (χ0) is 15.5. The lowest BCUT2D eigenvalue weighted by atomic mass is 10.1. The number of nitrogens with one attached hydrogen (secondary N) is 1. The summed E-state index contributed by atoms with van der Waals surface area (Å²) >= 11 is 3.03. The minimum atomic E-state index is -4.49. The van der Waals surface area contributed by atoms with Crippen molar-refractivity contribution in [2.24, 2.45) is 5.10 Å². The van der Waals surface area contributed by atoms with Gasteiger partial charge in [0.15, 0.2) is 10.4 Å². The predicted molar refractivity (Wildman–Crippen MR) is 72.9 cm³/mol. The monoisotopic (exact) mass is 360 g/mol. The first-order valence-electron chi connectivity index (χ1n) is 5.63. The lowest BCUT2D eigenvalue weighted by molar-refractivity contribution is -0.137. The standard InChI is InChI=1S/C13H8BrF3N2O2/c14-11-6-5-10(21-11)12(20)19-18-7-8-3-1-2-4-9(8)13(15,16)17/h1-7H,(H,19,20)/b18-7-. The molecule has 0 fully saturated rings. The smallest absolute Gasteiger partial charge is 0.417 e. The Labute approximate surface area is 125 Å². The van der Waals surface area contributed by atoms with E-state index in [1.165, 1.54) is 30.3 Å². The zero-order valence-electron chi connectivity index (χ0n) is 10.3. The molecule has 0 aliphatic rings. The van der Waals surface area contributed by atoms with E-state index in [4.69, 9.17) is 4.42 Å². The molecular formula is C13H8BrF3N2O2. The van der Waals surface area contributed by atoms with E-state index in [1.807, 2.05) is 0 Å². The van der Waals surface area contributed by atoms with Gasteiger partial charge in [0.1, 0.15) is 0 Å². The summed E-state index contributed by atoms with van der Waals surface area (Å²) < 4.78 is 43.5. The van der Waals surface area contributed by atoms with E-state index in [9.17, 15) is 18.0 Å². The molecule has 0 unspecified atom stereocenters. The van der Waals surface area contributed by atoms with E-state index < -0.39 is 17.6 Å². The highest BCUT2D eigenvalue weighted by atomic mass is 79.9. The average molecular weight is 361 g/mol. The van der Waals surface area contributed by atoms with Gasteiger partial charge in [-0.2, -0.15) is 18.3 Å². The SMILES string of the molecule is O=C(N/N=C\c1ccccc1C(F)(F)F)c1ccc(Br)o1. The lowest BCUT2D eigenvalue weighted by Gasteiger charge is -2.09. The fourth-order valence-electron chi connectivity index (χ4n) is 1.52. The third-order valence-corrected chi connectivity index (χ3v) is 2.86. The molecule has 1 heterocycles. The van der Waals surface area contributed by atoms with Gasteiger partial charge in [-0.1, -0.05) is 18.2 Å². The molecule has 1 aromatic heterocycles. The summed E-state index contributed by atoms with van der Waals surface area (Å²) in [5.41, 5.74) is 1.11. The van der Waals surface area contributed by atoms with E-state index in [1.54, 1.807) is 0 Å². The van der Waals surface area contributed by atoms with Gasteiger partial charge in [0.25, 0.3) is 0 Å². The van der Waals surface area contributed by atoms with Crippen LogP contribution >= 0.6 is 15.9 Å². The van der Waals surface area contributed by atoms with Crippen LogP contribution in [0.15, 0.2) is 50.6 Å². The van der Waals surface area contributed by atoms with Gasteiger partial charge in [0.05, 0.1) is 11.8 Å². The van der Waals surface area contributed by atoms with Crippen LogP contribution in [-0.4, -0.2) is 12.1 Å². The number of nitrogens with zero attached hydrogens (tertiary/aromatic N) is 1. The van der Waals surface area contributed by atoms with Crippen LogP contribution in [0, 0.1) is 0 Å². The molecule has 0 bridgehead atoms. The topological polar surface area (TPSA) is 54.6 Å². The van der Waals surface area contributed by atoms with Gasteiger partial charge in [-0.25, -0.2) is 5.43 Å². The molecule has 110 valence electrons. The summed E-state index contributed by atoms with van der Waals surface area (Å²) in [7, 11) is 0. The van der Waals surface area contributed by atoms with Crippen LogP contribution in [0.1, 0.15) is 21.7 Å². The Bertz CT molecular complexity index is 680. The van der Waals surface area contributed by atoms with Crippen LogP contribution < -0.4 is 5.43 Å². The molecule has 0 atom stereocenters. The number of carbonyl (C=O) groups is 1. The minimum Gasteiger partial charge on any atom is -0.444 e. The first kappa shape index (κ1) is 15.3. The Hall–Kier alpha value is -2.09. The highest BCUT2D eigenvalue weighted by molar-refractivity contribution is 9.10. The maximum atomic E-state index is 12.7. The summed E-state index contributed by atoms with van der Waals surface area (Å²) in [6.45, 7) is 0. The van der Waals surface area contributed by atoms with Crippen molar-refractivity contribution in [2.75, 3.05) is 0 Å². The number of rotatable bonds is 3. The Morgan fingerprint density at radius 1 is 1.24 bits per heavy atom. The third kappa shape index (κ3) is 3.94. The molecule has 0 aliphatic heterocycles.